The van der Waals surface area contributed by atoms with E-state index in [1.807, 2.05) is 6.07 Å². The van der Waals surface area contributed by atoms with Crippen molar-refractivity contribution in [1.82, 2.24) is 24.9 Å². The van der Waals surface area contributed by atoms with E-state index in [4.69, 9.17) is 9.72 Å². The third-order valence-corrected chi connectivity index (χ3v) is 7.81. The zero-order chi connectivity index (χ0) is 23.9. The maximum Gasteiger partial charge on any atom is 0.259 e. The average Bonchev–Trinajstić information content (AvgIpc) is 3.70. The summed E-state index contributed by atoms with van der Waals surface area (Å²) in [7, 11) is 0. The fourth-order valence-corrected chi connectivity index (χ4v) is 5.67. The monoisotopic (exact) mass is 477 g/mol. The summed E-state index contributed by atoms with van der Waals surface area (Å²) in [6.45, 7) is 2.70. The molecule has 3 aromatic heterocycles. The summed E-state index contributed by atoms with van der Waals surface area (Å²) in [5.41, 5.74) is 0.303. The number of ether oxygens (including phenoxy) is 1. The first-order chi connectivity index (χ1) is 16.9. The number of hydrogen-bond donors (Lipinski definition) is 2. The van der Waals surface area contributed by atoms with Crippen LogP contribution >= 0.6 is 0 Å². The highest BCUT2D eigenvalue weighted by atomic mass is 19.1. The molecule has 0 unspecified atom stereocenters. The van der Waals surface area contributed by atoms with Crippen molar-refractivity contribution in [3.8, 4) is 5.88 Å². The minimum Gasteiger partial charge on any atom is -0.475 e. The van der Waals surface area contributed by atoms with Crippen molar-refractivity contribution < 1.29 is 18.7 Å². The van der Waals surface area contributed by atoms with E-state index in [9.17, 15) is 14.0 Å². The van der Waals surface area contributed by atoms with Crippen molar-refractivity contribution in [2.24, 2.45) is 5.92 Å². The van der Waals surface area contributed by atoms with Gasteiger partial charge in [-0.2, -0.15) is 0 Å². The molecule has 0 radical (unpaired) electrons. The molecule has 2 bridgehead atoms. The van der Waals surface area contributed by atoms with Gasteiger partial charge in [0.15, 0.2) is 11.5 Å². The fraction of sp³-hybridized carbons (Fsp3) is 0.458. The van der Waals surface area contributed by atoms with E-state index in [1.54, 1.807) is 13.1 Å². The van der Waals surface area contributed by atoms with Crippen molar-refractivity contribution in [1.29, 1.82) is 0 Å². The summed E-state index contributed by atoms with van der Waals surface area (Å²) >= 11 is 0. The van der Waals surface area contributed by atoms with E-state index in [0.717, 1.165) is 37.8 Å². The van der Waals surface area contributed by atoms with Crippen LogP contribution in [0.25, 0.3) is 5.65 Å². The van der Waals surface area contributed by atoms with Crippen LogP contribution in [0.1, 0.15) is 54.9 Å². The SMILES string of the molecule is CCC(=O)Nc1nn2ccc3nc2c1C(=O)NC1(CC1)COc1ncc(F)cc1[C@@]12C[C@@H]1CCN32. The van der Waals surface area contributed by atoms with Gasteiger partial charge in [-0.25, -0.2) is 18.9 Å². The van der Waals surface area contributed by atoms with Gasteiger partial charge >= 0.3 is 0 Å². The van der Waals surface area contributed by atoms with Crippen LogP contribution in [0.5, 0.6) is 5.88 Å². The van der Waals surface area contributed by atoms with Crippen LogP contribution in [-0.4, -0.2) is 50.1 Å². The number of hydrogen-bond acceptors (Lipinski definition) is 7. The Labute approximate surface area is 199 Å². The lowest BCUT2D eigenvalue weighted by Gasteiger charge is -2.31. The lowest BCUT2D eigenvalue weighted by Crippen LogP contribution is -2.42. The zero-order valence-corrected chi connectivity index (χ0v) is 19.2. The quantitative estimate of drug-likeness (QED) is 0.583. The lowest BCUT2D eigenvalue weighted by molar-refractivity contribution is -0.115. The molecule has 2 amide bonds. The molecule has 2 aliphatic heterocycles. The molecule has 2 atom stereocenters. The van der Waals surface area contributed by atoms with E-state index in [2.05, 4.69) is 25.6 Å². The maximum absolute atomic E-state index is 14.4. The summed E-state index contributed by atoms with van der Waals surface area (Å²) in [6, 6.07) is 3.37. The second-order valence-electron chi connectivity index (χ2n) is 9.97. The molecular formula is C24H24FN7O3. The van der Waals surface area contributed by atoms with Gasteiger partial charge < -0.3 is 20.3 Å². The highest BCUT2D eigenvalue weighted by molar-refractivity contribution is 6.08. The van der Waals surface area contributed by atoms with Gasteiger partial charge in [0.25, 0.3) is 5.91 Å². The largest absolute Gasteiger partial charge is 0.475 e. The van der Waals surface area contributed by atoms with Crippen molar-refractivity contribution in [3.05, 3.63) is 41.5 Å². The van der Waals surface area contributed by atoms with E-state index >= 15 is 0 Å². The number of fused-ring (bicyclic) bond motifs is 3. The van der Waals surface area contributed by atoms with Crippen LogP contribution in [0.3, 0.4) is 0 Å². The Kier molecular flexibility index (Phi) is 4.06. The Bertz CT molecular complexity index is 1420. The fourth-order valence-electron chi connectivity index (χ4n) is 5.67. The Morgan fingerprint density at radius 3 is 3.03 bits per heavy atom. The highest BCUT2D eigenvalue weighted by Gasteiger charge is 2.65. The number of nitrogens with zero attached hydrogens (tertiary/aromatic N) is 5. The van der Waals surface area contributed by atoms with E-state index in [-0.39, 0.29) is 36.2 Å². The van der Waals surface area contributed by atoms with Crippen molar-refractivity contribution >= 4 is 29.1 Å². The lowest BCUT2D eigenvalue weighted by atomic mass is 10.0. The molecule has 3 aromatic rings. The van der Waals surface area contributed by atoms with Crippen molar-refractivity contribution in [2.45, 2.75) is 50.1 Å². The molecule has 180 valence electrons. The second kappa shape index (κ2) is 6.89. The minimum atomic E-state index is -0.563. The molecule has 4 aliphatic rings. The van der Waals surface area contributed by atoms with Gasteiger partial charge in [0.05, 0.1) is 17.3 Å². The van der Waals surface area contributed by atoms with Gasteiger partial charge in [-0.1, -0.05) is 6.92 Å². The first-order valence-electron chi connectivity index (χ1n) is 12.0. The predicted molar refractivity (Wildman–Crippen MR) is 123 cm³/mol. The number of anilines is 2. The number of carbonyl (C=O) groups is 2. The number of nitrogens with one attached hydrogen (secondary N) is 2. The minimum absolute atomic E-state index is 0.179. The topological polar surface area (TPSA) is 114 Å². The molecule has 35 heavy (non-hydrogen) atoms. The van der Waals surface area contributed by atoms with Crippen molar-refractivity contribution in [2.75, 3.05) is 23.4 Å². The van der Waals surface area contributed by atoms with Crippen LogP contribution in [0.15, 0.2) is 24.5 Å². The Hall–Kier alpha value is -3.76. The molecule has 2 saturated carbocycles. The Morgan fingerprint density at radius 1 is 1.40 bits per heavy atom. The highest BCUT2D eigenvalue weighted by Crippen LogP contribution is 2.64. The molecule has 2 N–H and O–H groups in total. The molecule has 1 saturated heterocycles. The predicted octanol–water partition coefficient (Wildman–Crippen LogP) is 2.39. The molecule has 7 rings (SSSR count). The summed E-state index contributed by atoms with van der Waals surface area (Å²) in [4.78, 5) is 37.1. The van der Waals surface area contributed by atoms with Crippen LogP contribution < -0.4 is 20.3 Å². The number of piperidine rings is 1. The summed E-state index contributed by atoms with van der Waals surface area (Å²) in [5.74, 6) is 0.567. The smallest absolute Gasteiger partial charge is 0.259 e. The standard InChI is InChI=1S/C24H24FN7O3/c1-2-17(33)28-19-18-20-27-16(4-8-32(20)30-19)31-7-3-13-10-24(13,31)15-9-14(25)11-26-22(15)35-12-23(5-6-23)29-21(18)34/h4,8-9,11,13H,2-3,5-7,10,12H2,1H3,(H,29,34)(H,28,30,33)/t13-,24+/m0/s1. The number of aromatic nitrogens is 4. The molecule has 11 heteroatoms. The molecule has 2 aliphatic carbocycles. The summed E-state index contributed by atoms with van der Waals surface area (Å²) in [5, 5.41) is 10.3. The molecule has 10 nitrogen and oxygen atoms in total. The van der Waals surface area contributed by atoms with E-state index in [1.165, 1.54) is 16.8 Å². The Morgan fingerprint density at radius 2 is 2.26 bits per heavy atom. The maximum atomic E-state index is 14.4. The van der Waals surface area contributed by atoms with Gasteiger partial charge in [-0.05, 0) is 43.7 Å². The number of carbonyl (C=O) groups excluding carboxylic acids is 2. The summed E-state index contributed by atoms with van der Waals surface area (Å²) in [6.07, 6.45) is 6.45. The van der Waals surface area contributed by atoms with Gasteiger partial charge in [-0.3, -0.25) is 9.59 Å². The van der Waals surface area contributed by atoms with Gasteiger partial charge in [0.2, 0.25) is 11.8 Å². The third-order valence-electron chi connectivity index (χ3n) is 7.81. The normalized spacial score (nSPS) is 25.5. The average molecular weight is 478 g/mol. The molecule has 3 fully saturated rings. The number of pyridine rings is 1. The third kappa shape index (κ3) is 2.96. The summed E-state index contributed by atoms with van der Waals surface area (Å²) < 4.78 is 22.1. The molecular weight excluding hydrogens is 453 g/mol. The molecule has 2 spiro atoms. The van der Waals surface area contributed by atoms with Gasteiger partial charge in [-0.15, -0.1) is 5.10 Å². The van der Waals surface area contributed by atoms with Crippen LogP contribution in [0.4, 0.5) is 16.0 Å². The van der Waals surface area contributed by atoms with Crippen molar-refractivity contribution in [3.63, 3.8) is 0 Å². The second-order valence-corrected chi connectivity index (χ2v) is 9.97. The zero-order valence-electron chi connectivity index (χ0n) is 19.2. The Balaban J connectivity index is 1.43. The van der Waals surface area contributed by atoms with Gasteiger partial charge in [0.1, 0.15) is 23.8 Å². The molecule has 5 heterocycles. The van der Waals surface area contributed by atoms with E-state index < -0.39 is 16.9 Å². The number of rotatable bonds is 2. The first kappa shape index (κ1) is 20.6. The van der Waals surface area contributed by atoms with Crippen LogP contribution in [0.2, 0.25) is 0 Å². The van der Waals surface area contributed by atoms with Crippen LogP contribution in [0, 0.1) is 11.7 Å². The molecule has 0 aromatic carbocycles. The first-order valence-corrected chi connectivity index (χ1v) is 12.0. The van der Waals surface area contributed by atoms with E-state index in [0.29, 0.717) is 23.3 Å². The number of amides is 2. The van der Waals surface area contributed by atoms with Gasteiger partial charge in [0, 0.05) is 24.7 Å². The van der Waals surface area contributed by atoms with Crippen LogP contribution in [-0.2, 0) is 10.3 Å². The number of halogens is 1.